The fourth-order valence-electron chi connectivity index (χ4n) is 3.29. The lowest BCUT2D eigenvalue weighted by Crippen LogP contribution is -2.35. The standard InChI is InChI=1S/C18H17IN6S/c1-24(16-3-2-13(10-21-16)6-9-26-19)14-5-8-25(11-14)18-15-4-7-20-17(15)22-12-23-18/h2-4,7,10,12,14H,5,8,11H2,1H3,(H,20,22,23)/t14-/m1/s1. The summed E-state index contributed by atoms with van der Waals surface area (Å²) in [5.74, 6) is 5.05. The van der Waals surface area contributed by atoms with Crippen LogP contribution in [0.3, 0.4) is 0 Å². The lowest BCUT2D eigenvalue weighted by Gasteiger charge is -2.26. The predicted molar refractivity (Wildman–Crippen MR) is 116 cm³/mol. The van der Waals surface area contributed by atoms with E-state index in [4.69, 9.17) is 0 Å². The molecule has 3 aromatic heterocycles. The SMILES string of the molecule is CN(c1ccc(C#CSI)cn1)[C@@H]1CCN(c2ncnc3[nH]ccc23)C1. The Morgan fingerprint density at radius 3 is 3.04 bits per heavy atom. The van der Waals surface area contributed by atoms with Gasteiger partial charge in [-0.3, -0.25) is 0 Å². The molecule has 4 rings (SSSR count). The van der Waals surface area contributed by atoms with Crippen molar-refractivity contribution in [3.05, 3.63) is 42.5 Å². The lowest BCUT2D eigenvalue weighted by atomic mass is 10.2. The zero-order valence-electron chi connectivity index (χ0n) is 14.2. The Balaban J connectivity index is 1.49. The summed E-state index contributed by atoms with van der Waals surface area (Å²) in [7, 11) is 3.58. The second-order valence-corrected chi connectivity index (χ2v) is 7.83. The van der Waals surface area contributed by atoms with Crippen molar-refractivity contribution >= 4 is 52.8 Å². The fraction of sp³-hybridized carbons (Fsp3) is 0.278. The molecular weight excluding hydrogens is 459 g/mol. The number of likely N-dealkylation sites (N-methyl/N-ethyl adjacent to an activating group) is 1. The highest BCUT2D eigenvalue weighted by atomic mass is 127. The van der Waals surface area contributed by atoms with Crippen LogP contribution in [0, 0.1) is 11.2 Å². The molecule has 0 saturated carbocycles. The summed E-state index contributed by atoms with van der Waals surface area (Å²) >= 11 is 2.17. The number of anilines is 2. The van der Waals surface area contributed by atoms with Crippen LogP contribution in [0.4, 0.5) is 11.6 Å². The van der Waals surface area contributed by atoms with Gasteiger partial charge in [-0.15, -0.1) is 0 Å². The number of halogens is 1. The first-order chi connectivity index (χ1) is 12.8. The molecule has 6 nitrogen and oxygen atoms in total. The first-order valence-electron chi connectivity index (χ1n) is 8.27. The number of nitrogens with one attached hydrogen (secondary N) is 1. The van der Waals surface area contributed by atoms with E-state index in [0.29, 0.717) is 6.04 Å². The third-order valence-corrected chi connectivity index (χ3v) is 5.53. The minimum Gasteiger partial charge on any atom is -0.355 e. The van der Waals surface area contributed by atoms with Crippen molar-refractivity contribution in [2.75, 3.05) is 29.9 Å². The Hall–Kier alpha value is -1.99. The summed E-state index contributed by atoms with van der Waals surface area (Å²) in [6.07, 6.45) is 6.45. The van der Waals surface area contributed by atoms with Gasteiger partial charge in [0.05, 0.1) is 5.39 Å². The van der Waals surface area contributed by atoms with Gasteiger partial charge in [-0.05, 0) is 38.8 Å². The van der Waals surface area contributed by atoms with Crippen LogP contribution in [0.15, 0.2) is 36.9 Å². The van der Waals surface area contributed by atoms with Crippen LogP contribution in [0.5, 0.6) is 0 Å². The van der Waals surface area contributed by atoms with E-state index in [0.717, 1.165) is 47.7 Å². The molecule has 0 spiro atoms. The van der Waals surface area contributed by atoms with Gasteiger partial charge in [0.2, 0.25) is 0 Å². The second-order valence-electron chi connectivity index (χ2n) is 6.15. The lowest BCUT2D eigenvalue weighted by molar-refractivity contribution is 0.684. The summed E-state index contributed by atoms with van der Waals surface area (Å²) in [5.41, 5.74) is 1.82. The highest BCUT2D eigenvalue weighted by Crippen LogP contribution is 2.28. The van der Waals surface area contributed by atoms with E-state index < -0.39 is 0 Å². The number of H-pyrrole nitrogens is 1. The van der Waals surface area contributed by atoms with E-state index >= 15 is 0 Å². The van der Waals surface area contributed by atoms with Crippen molar-refractivity contribution < 1.29 is 0 Å². The van der Waals surface area contributed by atoms with Crippen LogP contribution >= 0.6 is 30.1 Å². The van der Waals surface area contributed by atoms with Crippen LogP contribution < -0.4 is 9.80 Å². The molecule has 0 bridgehead atoms. The van der Waals surface area contributed by atoms with E-state index in [9.17, 15) is 0 Å². The van der Waals surface area contributed by atoms with Crippen molar-refractivity contribution in [1.29, 1.82) is 0 Å². The van der Waals surface area contributed by atoms with Crippen LogP contribution in [0.2, 0.25) is 0 Å². The molecule has 0 unspecified atom stereocenters. The number of aromatic nitrogens is 4. The van der Waals surface area contributed by atoms with Crippen LogP contribution in [-0.4, -0.2) is 46.1 Å². The third-order valence-electron chi connectivity index (χ3n) is 4.69. The van der Waals surface area contributed by atoms with Crippen LogP contribution in [-0.2, 0) is 0 Å². The molecule has 3 aromatic rings. The van der Waals surface area contributed by atoms with Crippen molar-refractivity contribution in [3.8, 4) is 11.2 Å². The number of rotatable bonds is 3. The van der Waals surface area contributed by atoms with Gasteiger partial charge in [0, 0.05) is 65.3 Å². The maximum absolute atomic E-state index is 4.58. The molecule has 1 N–H and O–H groups in total. The van der Waals surface area contributed by atoms with Gasteiger partial charge >= 0.3 is 0 Å². The summed E-state index contributed by atoms with van der Waals surface area (Å²) in [6, 6.07) is 6.50. The normalized spacial score (nSPS) is 16.5. The smallest absolute Gasteiger partial charge is 0.142 e. The number of pyridine rings is 1. The van der Waals surface area contributed by atoms with Gasteiger partial charge in [0.1, 0.15) is 23.6 Å². The predicted octanol–water partition coefficient (Wildman–Crippen LogP) is 3.46. The Morgan fingerprint density at radius 2 is 2.23 bits per heavy atom. The monoisotopic (exact) mass is 476 g/mol. The maximum atomic E-state index is 4.58. The van der Waals surface area contributed by atoms with E-state index in [-0.39, 0.29) is 0 Å². The van der Waals surface area contributed by atoms with E-state index in [2.05, 4.69) is 69.2 Å². The molecule has 132 valence electrons. The van der Waals surface area contributed by atoms with E-state index in [1.54, 1.807) is 6.33 Å². The van der Waals surface area contributed by atoms with E-state index in [1.807, 2.05) is 30.6 Å². The highest BCUT2D eigenvalue weighted by Gasteiger charge is 2.28. The van der Waals surface area contributed by atoms with Gasteiger partial charge in [0.25, 0.3) is 0 Å². The highest BCUT2D eigenvalue weighted by molar-refractivity contribution is 14.2. The Bertz CT molecular complexity index is 961. The van der Waals surface area contributed by atoms with Gasteiger partial charge in [-0.1, -0.05) is 5.92 Å². The molecule has 0 aliphatic carbocycles. The zero-order valence-corrected chi connectivity index (χ0v) is 17.2. The average molecular weight is 476 g/mol. The topological polar surface area (TPSA) is 60.9 Å². The Kier molecular flexibility index (Phi) is 5.17. The zero-order chi connectivity index (χ0) is 17.9. The average Bonchev–Trinajstić information content (AvgIpc) is 3.35. The molecule has 0 aromatic carbocycles. The van der Waals surface area contributed by atoms with E-state index in [1.165, 1.54) is 8.93 Å². The number of hydrogen-bond acceptors (Lipinski definition) is 6. The second kappa shape index (κ2) is 7.72. The Morgan fingerprint density at radius 1 is 1.31 bits per heavy atom. The van der Waals surface area contributed by atoms with Crippen molar-refractivity contribution in [1.82, 2.24) is 19.9 Å². The molecule has 1 aliphatic heterocycles. The first kappa shape index (κ1) is 17.4. The summed E-state index contributed by atoms with van der Waals surface area (Å²) in [6.45, 7) is 1.89. The molecule has 8 heteroatoms. The minimum atomic E-state index is 0.397. The van der Waals surface area contributed by atoms with Gasteiger partial charge in [-0.25, -0.2) is 15.0 Å². The number of hydrogen-bond donors (Lipinski definition) is 1. The van der Waals surface area contributed by atoms with Crippen LogP contribution in [0.25, 0.3) is 11.0 Å². The fourth-order valence-corrected chi connectivity index (χ4v) is 3.78. The molecule has 26 heavy (non-hydrogen) atoms. The number of fused-ring (bicyclic) bond motifs is 1. The van der Waals surface area contributed by atoms with Crippen molar-refractivity contribution in [2.45, 2.75) is 12.5 Å². The third kappa shape index (κ3) is 3.46. The first-order valence-corrected chi connectivity index (χ1v) is 11.6. The summed E-state index contributed by atoms with van der Waals surface area (Å²) in [4.78, 5) is 21.1. The quantitative estimate of drug-likeness (QED) is 0.462. The molecule has 1 aliphatic rings. The Labute approximate surface area is 168 Å². The molecule has 0 radical (unpaired) electrons. The molecule has 0 amide bonds. The molecular formula is C18H17IN6S. The summed E-state index contributed by atoms with van der Waals surface area (Å²) < 4.78 is 0. The van der Waals surface area contributed by atoms with Gasteiger partial charge in [-0.2, -0.15) is 0 Å². The number of aromatic amines is 1. The van der Waals surface area contributed by atoms with Gasteiger partial charge < -0.3 is 14.8 Å². The van der Waals surface area contributed by atoms with Crippen molar-refractivity contribution in [2.24, 2.45) is 0 Å². The summed E-state index contributed by atoms with van der Waals surface area (Å²) in [5, 5.41) is 4.06. The van der Waals surface area contributed by atoms with Crippen LogP contribution in [0.1, 0.15) is 12.0 Å². The largest absolute Gasteiger partial charge is 0.355 e. The molecule has 4 heterocycles. The maximum Gasteiger partial charge on any atom is 0.142 e. The van der Waals surface area contributed by atoms with Gasteiger partial charge in [0.15, 0.2) is 0 Å². The number of nitrogens with zero attached hydrogens (tertiary/aromatic N) is 5. The molecule has 1 atom stereocenters. The molecule has 1 fully saturated rings. The van der Waals surface area contributed by atoms with Crippen molar-refractivity contribution in [3.63, 3.8) is 0 Å². The molecule has 1 saturated heterocycles. The minimum absolute atomic E-state index is 0.397.